The van der Waals surface area contributed by atoms with Crippen LogP contribution in [0.4, 0.5) is 0 Å². The quantitative estimate of drug-likeness (QED) is 0.898. The van der Waals surface area contributed by atoms with Crippen molar-refractivity contribution in [3.05, 3.63) is 29.8 Å². The van der Waals surface area contributed by atoms with Gasteiger partial charge >= 0.3 is 5.97 Å². The number of rotatable bonds is 5. The molecule has 1 N–H and O–H groups in total. The second kappa shape index (κ2) is 5.44. The molecule has 0 radical (unpaired) electrons. The maximum absolute atomic E-state index is 10.9. The van der Waals surface area contributed by atoms with Gasteiger partial charge in [-0.2, -0.15) is 0 Å². The number of carboxylic acid groups (broad SMARTS) is 1. The topological polar surface area (TPSA) is 55.8 Å². The minimum absolute atomic E-state index is 0.122. The van der Waals surface area contributed by atoms with E-state index in [1.54, 1.807) is 0 Å². The van der Waals surface area contributed by atoms with E-state index in [4.69, 9.17) is 14.6 Å². The van der Waals surface area contributed by atoms with Gasteiger partial charge in [-0.05, 0) is 30.5 Å². The molecule has 3 rings (SSSR count). The third-order valence-electron chi connectivity index (χ3n) is 4.28. The zero-order valence-electron chi connectivity index (χ0n) is 11.5. The van der Waals surface area contributed by atoms with Crippen molar-refractivity contribution >= 4 is 5.97 Å². The molecule has 1 aromatic rings. The summed E-state index contributed by atoms with van der Waals surface area (Å²) in [6.07, 6.45) is 4.28. The van der Waals surface area contributed by atoms with Gasteiger partial charge in [-0.1, -0.05) is 12.1 Å². The molecule has 2 fully saturated rings. The highest BCUT2D eigenvalue weighted by atomic mass is 16.5. The largest absolute Gasteiger partial charge is 0.490 e. The third kappa shape index (κ3) is 2.96. The van der Waals surface area contributed by atoms with Gasteiger partial charge in [0.1, 0.15) is 11.9 Å². The van der Waals surface area contributed by atoms with Crippen molar-refractivity contribution < 1.29 is 19.4 Å². The molecule has 1 saturated heterocycles. The van der Waals surface area contributed by atoms with E-state index in [1.807, 2.05) is 24.3 Å². The Morgan fingerprint density at radius 2 is 1.90 bits per heavy atom. The van der Waals surface area contributed by atoms with Crippen molar-refractivity contribution in [2.24, 2.45) is 0 Å². The molecule has 0 bridgehead atoms. The number of hydrogen-bond donors (Lipinski definition) is 1. The van der Waals surface area contributed by atoms with Gasteiger partial charge < -0.3 is 14.6 Å². The second-order valence-electron chi connectivity index (χ2n) is 5.80. The Kier molecular flexibility index (Phi) is 3.66. The minimum Gasteiger partial charge on any atom is -0.490 e. The van der Waals surface area contributed by atoms with E-state index in [2.05, 4.69) is 0 Å². The van der Waals surface area contributed by atoms with Crippen LogP contribution in [0.3, 0.4) is 0 Å². The number of carboxylic acids is 1. The molecule has 108 valence electrons. The van der Waals surface area contributed by atoms with Crippen molar-refractivity contribution in [1.82, 2.24) is 0 Å². The SMILES string of the molecule is O=C(O)CC1(c2ccc(OC3CCOCC3)cc2)CC1. The fourth-order valence-electron chi connectivity index (χ4n) is 2.88. The summed E-state index contributed by atoms with van der Waals surface area (Å²) in [5.74, 6) is 0.150. The first-order chi connectivity index (χ1) is 9.68. The zero-order valence-corrected chi connectivity index (χ0v) is 11.5. The summed E-state index contributed by atoms with van der Waals surface area (Å²) in [5.41, 5.74) is 1.00. The normalized spacial score (nSPS) is 21.4. The van der Waals surface area contributed by atoms with Crippen LogP contribution in [0.25, 0.3) is 0 Å². The molecule has 0 unspecified atom stereocenters. The predicted molar refractivity (Wildman–Crippen MR) is 74.1 cm³/mol. The lowest BCUT2D eigenvalue weighted by atomic mass is 9.92. The summed E-state index contributed by atoms with van der Waals surface area (Å²) < 4.78 is 11.2. The average Bonchev–Trinajstić information content (AvgIpc) is 3.21. The van der Waals surface area contributed by atoms with Crippen LogP contribution >= 0.6 is 0 Å². The Bertz CT molecular complexity index is 470. The van der Waals surface area contributed by atoms with Gasteiger partial charge in [0, 0.05) is 18.3 Å². The number of carbonyl (C=O) groups is 1. The van der Waals surface area contributed by atoms with Gasteiger partial charge in [-0.3, -0.25) is 4.79 Å². The maximum atomic E-state index is 10.9. The van der Waals surface area contributed by atoms with Gasteiger partial charge in [-0.15, -0.1) is 0 Å². The number of aliphatic carboxylic acids is 1. The monoisotopic (exact) mass is 276 g/mol. The summed E-state index contributed by atoms with van der Waals surface area (Å²) >= 11 is 0. The van der Waals surface area contributed by atoms with Crippen LogP contribution < -0.4 is 4.74 Å². The van der Waals surface area contributed by atoms with Crippen molar-refractivity contribution in [2.45, 2.75) is 43.6 Å². The van der Waals surface area contributed by atoms with Crippen LogP contribution in [0.15, 0.2) is 24.3 Å². The van der Waals surface area contributed by atoms with E-state index in [0.29, 0.717) is 0 Å². The highest BCUT2D eigenvalue weighted by Gasteiger charge is 2.45. The lowest BCUT2D eigenvalue weighted by molar-refractivity contribution is -0.137. The molecular formula is C16H20O4. The summed E-state index contributed by atoms with van der Waals surface area (Å²) in [7, 11) is 0. The van der Waals surface area contributed by atoms with Gasteiger partial charge in [0.2, 0.25) is 0 Å². The Morgan fingerprint density at radius 3 is 2.45 bits per heavy atom. The molecule has 0 aromatic heterocycles. The molecule has 0 spiro atoms. The molecule has 4 heteroatoms. The summed E-state index contributed by atoms with van der Waals surface area (Å²) in [5, 5.41) is 8.98. The molecule has 1 saturated carbocycles. The molecule has 1 heterocycles. The molecule has 1 aromatic carbocycles. The lowest BCUT2D eigenvalue weighted by Gasteiger charge is -2.23. The number of ether oxygens (including phenoxy) is 2. The fraction of sp³-hybridized carbons (Fsp3) is 0.562. The van der Waals surface area contributed by atoms with E-state index in [0.717, 1.165) is 50.2 Å². The Balaban J connectivity index is 1.64. The molecule has 4 nitrogen and oxygen atoms in total. The van der Waals surface area contributed by atoms with Crippen molar-refractivity contribution in [1.29, 1.82) is 0 Å². The first-order valence-electron chi connectivity index (χ1n) is 7.25. The molecular weight excluding hydrogens is 256 g/mol. The summed E-state index contributed by atoms with van der Waals surface area (Å²) in [4.78, 5) is 10.9. The van der Waals surface area contributed by atoms with Crippen molar-refractivity contribution in [2.75, 3.05) is 13.2 Å². The van der Waals surface area contributed by atoms with Crippen LogP contribution in [0.5, 0.6) is 5.75 Å². The Morgan fingerprint density at radius 1 is 1.25 bits per heavy atom. The highest BCUT2D eigenvalue weighted by Crippen LogP contribution is 2.51. The van der Waals surface area contributed by atoms with Crippen molar-refractivity contribution in [3.8, 4) is 5.75 Å². The summed E-state index contributed by atoms with van der Waals surface area (Å²) in [6, 6.07) is 7.97. The van der Waals surface area contributed by atoms with Gasteiger partial charge in [0.05, 0.1) is 19.6 Å². The van der Waals surface area contributed by atoms with Crippen LogP contribution in [-0.2, 0) is 14.9 Å². The molecule has 2 aliphatic rings. The van der Waals surface area contributed by atoms with E-state index in [1.165, 1.54) is 0 Å². The van der Waals surface area contributed by atoms with E-state index >= 15 is 0 Å². The fourth-order valence-corrected chi connectivity index (χ4v) is 2.88. The minimum atomic E-state index is -0.718. The number of hydrogen-bond acceptors (Lipinski definition) is 3. The molecule has 20 heavy (non-hydrogen) atoms. The van der Waals surface area contributed by atoms with Gasteiger partial charge in [0.25, 0.3) is 0 Å². The first kappa shape index (κ1) is 13.4. The second-order valence-corrected chi connectivity index (χ2v) is 5.80. The standard InChI is InChI=1S/C16H20O4/c17-15(18)11-16(7-8-16)12-1-3-13(4-2-12)20-14-5-9-19-10-6-14/h1-4,14H,5-11H2,(H,17,18). The first-order valence-corrected chi connectivity index (χ1v) is 7.25. The summed E-state index contributed by atoms with van der Waals surface area (Å²) in [6.45, 7) is 1.54. The van der Waals surface area contributed by atoms with Crippen LogP contribution in [0.2, 0.25) is 0 Å². The average molecular weight is 276 g/mol. The lowest BCUT2D eigenvalue weighted by Crippen LogP contribution is -2.25. The van der Waals surface area contributed by atoms with E-state index in [9.17, 15) is 4.79 Å². The van der Waals surface area contributed by atoms with Crippen LogP contribution in [-0.4, -0.2) is 30.4 Å². The third-order valence-corrected chi connectivity index (χ3v) is 4.28. The Labute approximate surface area is 118 Å². The predicted octanol–water partition coefficient (Wildman–Crippen LogP) is 2.75. The molecule has 1 aliphatic carbocycles. The van der Waals surface area contributed by atoms with Gasteiger partial charge in [0.15, 0.2) is 0 Å². The molecule has 1 aliphatic heterocycles. The van der Waals surface area contributed by atoms with Crippen molar-refractivity contribution in [3.63, 3.8) is 0 Å². The van der Waals surface area contributed by atoms with E-state index in [-0.39, 0.29) is 17.9 Å². The highest BCUT2D eigenvalue weighted by molar-refractivity contribution is 5.70. The van der Waals surface area contributed by atoms with Crippen LogP contribution in [0.1, 0.15) is 37.7 Å². The molecule has 0 atom stereocenters. The zero-order chi connectivity index (χ0) is 14.0. The van der Waals surface area contributed by atoms with E-state index < -0.39 is 5.97 Å². The molecule has 0 amide bonds. The smallest absolute Gasteiger partial charge is 0.304 e. The Hall–Kier alpha value is -1.55. The number of benzene rings is 1. The maximum Gasteiger partial charge on any atom is 0.304 e. The van der Waals surface area contributed by atoms with Crippen LogP contribution in [0, 0.1) is 0 Å². The van der Waals surface area contributed by atoms with Gasteiger partial charge in [-0.25, -0.2) is 0 Å².